The second-order valence-corrected chi connectivity index (χ2v) is 2.26. The summed E-state index contributed by atoms with van der Waals surface area (Å²) in [5.41, 5.74) is 2.46. The van der Waals surface area contributed by atoms with Crippen LogP contribution in [-0.2, 0) is 4.84 Å². The van der Waals surface area contributed by atoms with E-state index in [1.165, 1.54) is 5.57 Å². The molecule has 0 aromatic carbocycles. The molecule has 0 aliphatic heterocycles. The minimum Gasteiger partial charge on any atom is -0.399 e. The lowest BCUT2D eigenvalue weighted by Gasteiger charge is -1.88. The van der Waals surface area contributed by atoms with Crippen molar-refractivity contribution in [2.24, 2.45) is 5.16 Å². The third-order valence-corrected chi connectivity index (χ3v) is 1.40. The Balaban J connectivity index is 2.57. The van der Waals surface area contributed by atoms with Crippen molar-refractivity contribution in [1.82, 2.24) is 0 Å². The number of nitrogens with zero attached hydrogens (tertiary/aromatic N) is 1. The highest BCUT2D eigenvalue weighted by Crippen LogP contribution is 2.14. The topological polar surface area (TPSA) is 21.6 Å². The van der Waals surface area contributed by atoms with E-state index in [0.717, 1.165) is 18.6 Å². The van der Waals surface area contributed by atoms with Crippen LogP contribution >= 0.6 is 0 Å². The van der Waals surface area contributed by atoms with Gasteiger partial charge in [0.05, 0.1) is 5.71 Å². The van der Waals surface area contributed by atoms with E-state index in [1.54, 1.807) is 7.11 Å². The van der Waals surface area contributed by atoms with Crippen molar-refractivity contribution >= 4 is 5.71 Å². The largest absolute Gasteiger partial charge is 0.399 e. The van der Waals surface area contributed by atoms with Crippen LogP contribution in [0, 0.1) is 0 Å². The van der Waals surface area contributed by atoms with Gasteiger partial charge >= 0.3 is 0 Å². The average molecular weight is 125 g/mol. The molecule has 1 aliphatic carbocycles. The van der Waals surface area contributed by atoms with E-state index in [1.807, 2.05) is 0 Å². The zero-order chi connectivity index (χ0) is 6.69. The number of allylic oxidation sites excluding steroid dienone is 2. The van der Waals surface area contributed by atoms with Crippen molar-refractivity contribution in [1.29, 1.82) is 0 Å². The second-order valence-electron chi connectivity index (χ2n) is 2.26. The highest BCUT2D eigenvalue weighted by molar-refractivity contribution is 5.97. The summed E-state index contributed by atoms with van der Waals surface area (Å²) in [6, 6.07) is 0. The van der Waals surface area contributed by atoms with E-state index >= 15 is 0 Å². The van der Waals surface area contributed by atoms with Crippen molar-refractivity contribution in [2.45, 2.75) is 19.8 Å². The fourth-order valence-electron chi connectivity index (χ4n) is 0.943. The Kier molecular flexibility index (Phi) is 1.88. The first-order valence-corrected chi connectivity index (χ1v) is 3.10. The molecule has 0 fully saturated rings. The molecule has 0 aromatic rings. The molecule has 0 heterocycles. The highest BCUT2D eigenvalue weighted by Gasteiger charge is 2.05. The lowest BCUT2D eigenvalue weighted by Crippen LogP contribution is -1.86. The van der Waals surface area contributed by atoms with Gasteiger partial charge in [0, 0.05) is 0 Å². The molecule has 2 nitrogen and oxygen atoms in total. The summed E-state index contributed by atoms with van der Waals surface area (Å²) >= 11 is 0. The van der Waals surface area contributed by atoms with Gasteiger partial charge in [-0.15, -0.1) is 0 Å². The lowest BCUT2D eigenvalue weighted by molar-refractivity contribution is 0.213. The Hall–Kier alpha value is -0.790. The molecule has 0 saturated heterocycles. The molecular formula is C7H11NO. The summed E-state index contributed by atoms with van der Waals surface area (Å²) in [5, 5.41) is 3.81. The summed E-state index contributed by atoms with van der Waals surface area (Å²) < 4.78 is 0. The van der Waals surface area contributed by atoms with Gasteiger partial charge in [0.15, 0.2) is 0 Å². The fourth-order valence-corrected chi connectivity index (χ4v) is 0.943. The molecule has 1 aliphatic rings. The second kappa shape index (κ2) is 2.67. The van der Waals surface area contributed by atoms with E-state index in [0.29, 0.717) is 0 Å². The van der Waals surface area contributed by atoms with E-state index in [-0.39, 0.29) is 0 Å². The molecule has 2 heteroatoms. The molecular weight excluding hydrogens is 114 g/mol. The molecule has 50 valence electrons. The van der Waals surface area contributed by atoms with Crippen LogP contribution in [0.5, 0.6) is 0 Å². The lowest BCUT2D eigenvalue weighted by atomic mass is 10.3. The molecule has 0 saturated carbocycles. The van der Waals surface area contributed by atoms with Crippen LogP contribution in [0.15, 0.2) is 16.8 Å². The van der Waals surface area contributed by atoms with E-state index in [2.05, 4.69) is 23.0 Å². The number of oxime groups is 1. The monoisotopic (exact) mass is 125 g/mol. The molecule has 0 radical (unpaired) electrons. The van der Waals surface area contributed by atoms with Crippen LogP contribution in [0.3, 0.4) is 0 Å². The smallest absolute Gasteiger partial charge is 0.106 e. The van der Waals surface area contributed by atoms with Crippen molar-refractivity contribution in [3.8, 4) is 0 Å². The van der Waals surface area contributed by atoms with Gasteiger partial charge in [0.1, 0.15) is 7.11 Å². The van der Waals surface area contributed by atoms with Crippen LogP contribution in [0.25, 0.3) is 0 Å². The fraction of sp³-hybridized carbons (Fsp3) is 0.571. The van der Waals surface area contributed by atoms with Crippen molar-refractivity contribution in [3.05, 3.63) is 11.6 Å². The number of hydrogen-bond acceptors (Lipinski definition) is 2. The van der Waals surface area contributed by atoms with Crippen molar-refractivity contribution < 1.29 is 4.84 Å². The normalized spacial score (nSPS) is 22.4. The quantitative estimate of drug-likeness (QED) is 0.489. The van der Waals surface area contributed by atoms with E-state index < -0.39 is 0 Å². The van der Waals surface area contributed by atoms with Crippen LogP contribution in [0.2, 0.25) is 0 Å². The first-order valence-electron chi connectivity index (χ1n) is 3.10. The first kappa shape index (κ1) is 6.33. The maximum atomic E-state index is 4.62. The zero-order valence-corrected chi connectivity index (χ0v) is 5.85. The first-order chi connectivity index (χ1) is 4.33. The Morgan fingerprint density at radius 3 is 2.78 bits per heavy atom. The summed E-state index contributed by atoms with van der Waals surface area (Å²) in [6.07, 6.45) is 4.26. The third-order valence-electron chi connectivity index (χ3n) is 1.40. The standard InChI is InChI=1S/C7H11NO/c1-6-3-4-7(5-6)8-9-2/h5H,3-4H2,1-2H3. The Labute approximate surface area is 55.2 Å². The maximum Gasteiger partial charge on any atom is 0.106 e. The Morgan fingerprint density at radius 2 is 2.33 bits per heavy atom. The molecule has 0 aromatic heterocycles. The van der Waals surface area contributed by atoms with Gasteiger partial charge in [-0.2, -0.15) is 0 Å². The minimum absolute atomic E-state index is 1.04. The van der Waals surface area contributed by atoms with Gasteiger partial charge in [0.2, 0.25) is 0 Å². The SMILES string of the molecule is CON=C1C=C(C)CC1. The van der Waals surface area contributed by atoms with Crippen molar-refractivity contribution in [2.75, 3.05) is 7.11 Å². The van der Waals surface area contributed by atoms with Gasteiger partial charge in [0.25, 0.3) is 0 Å². The predicted octanol–water partition coefficient (Wildman–Crippen LogP) is 1.73. The average Bonchev–Trinajstić information content (AvgIpc) is 2.17. The summed E-state index contributed by atoms with van der Waals surface area (Å²) in [5.74, 6) is 0. The van der Waals surface area contributed by atoms with Gasteiger partial charge in [-0.1, -0.05) is 10.7 Å². The zero-order valence-electron chi connectivity index (χ0n) is 5.85. The van der Waals surface area contributed by atoms with Crippen LogP contribution in [0.1, 0.15) is 19.8 Å². The summed E-state index contributed by atoms with van der Waals surface area (Å²) in [4.78, 5) is 4.62. The third kappa shape index (κ3) is 1.56. The van der Waals surface area contributed by atoms with Gasteiger partial charge < -0.3 is 4.84 Å². The Bertz CT molecular complexity index is 158. The maximum absolute atomic E-state index is 4.62. The molecule has 0 atom stereocenters. The Morgan fingerprint density at radius 1 is 1.56 bits per heavy atom. The molecule has 0 unspecified atom stereocenters. The predicted molar refractivity (Wildman–Crippen MR) is 37.4 cm³/mol. The van der Waals surface area contributed by atoms with Gasteiger partial charge in [-0.05, 0) is 25.8 Å². The molecule has 0 amide bonds. The van der Waals surface area contributed by atoms with Gasteiger partial charge in [-0.25, -0.2) is 0 Å². The number of rotatable bonds is 1. The van der Waals surface area contributed by atoms with Gasteiger partial charge in [-0.3, -0.25) is 0 Å². The minimum atomic E-state index is 1.04. The number of hydrogen-bond donors (Lipinski definition) is 0. The molecule has 1 rings (SSSR count). The van der Waals surface area contributed by atoms with Crippen molar-refractivity contribution in [3.63, 3.8) is 0 Å². The van der Waals surface area contributed by atoms with Crippen LogP contribution in [0.4, 0.5) is 0 Å². The van der Waals surface area contributed by atoms with Crippen LogP contribution < -0.4 is 0 Å². The molecule has 9 heavy (non-hydrogen) atoms. The summed E-state index contributed by atoms with van der Waals surface area (Å²) in [7, 11) is 1.58. The molecule has 0 bridgehead atoms. The summed E-state index contributed by atoms with van der Waals surface area (Å²) in [6.45, 7) is 2.11. The highest BCUT2D eigenvalue weighted by atomic mass is 16.6. The molecule has 0 spiro atoms. The molecule has 0 N–H and O–H groups in total. The van der Waals surface area contributed by atoms with E-state index in [4.69, 9.17) is 0 Å². The van der Waals surface area contributed by atoms with E-state index in [9.17, 15) is 0 Å². The van der Waals surface area contributed by atoms with Crippen LogP contribution in [-0.4, -0.2) is 12.8 Å².